The van der Waals surface area contributed by atoms with Gasteiger partial charge >= 0.3 is 0 Å². The highest BCUT2D eigenvalue weighted by molar-refractivity contribution is 8.14. The van der Waals surface area contributed by atoms with Crippen LogP contribution in [-0.2, 0) is 19.0 Å². The first-order valence-electron chi connectivity index (χ1n) is 11.5. The van der Waals surface area contributed by atoms with Crippen LogP contribution in [0.4, 0.5) is 5.69 Å². The second-order valence-corrected chi connectivity index (χ2v) is 9.37. The number of amidine groups is 1. The molecule has 2 aliphatic heterocycles. The fourth-order valence-electron chi connectivity index (χ4n) is 3.86. The third kappa shape index (κ3) is 8.08. The maximum Gasteiger partial charge on any atom is 0.259 e. The molecule has 0 spiro atoms. The van der Waals surface area contributed by atoms with Crippen LogP contribution < -0.4 is 16.4 Å². The lowest BCUT2D eigenvalue weighted by atomic mass is 9.90. The van der Waals surface area contributed by atoms with Gasteiger partial charge < -0.3 is 30.6 Å². The van der Waals surface area contributed by atoms with E-state index in [-0.39, 0.29) is 30.9 Å². The molecule has 2 aliphatic rings. The standard InChI is InChI=1S/C23H34N4O5S/c1-16-21(17-6-10-30-11-7-17)26-23(33-16)27-22(29)18-4-2-3-5-19(18)25-20(28)8-12-31-14-15-32-13-9-24/h2-5,16-17,21H,6-15,24H2,1H3,(H,25,28)(H,26,27,29). The van der Waals surface area contributed by atoms with Crippen molar-refractivity contribution >= 4 is 34.4 Å². The molecule has 2 atom stereocenters. The Bertz CT molecular complexity index is 816. The van der Waals surface area contributed by atoms with Crippen molar-refractivity contribution in [3.63, 3.8) is 0 Å². The average molecular weight is 479 g/mol. The quantitative estimate of drug-likeness (QED) is 0.416. The van der Waals surface area contributed by atoms with Crippen molar-refractivity contribution in [1.29, 1.82) is 0 Å². The molecular weight excluding hydrogens is 444 g/mol. The van der Waals surface area contributed by atoms with Crippen LogP contribution in [0, 0.1) is 5.92 Å². The van der Waals surface area contributed by atoms with Crippen LogP contribution in [0.2, 0.25) is 0 Å². The van der Waals surface area contributed by atoms with Crippen molar-refractivity contribution in [1.82, 2.24) is 5.32 Å². The van der Waals surface area contributed by atoms with Gasteiger partial charge in [-0.2, -0.15) is 0 Å². The van der Waals surface area contributed by atoms with Crippen LogP contribution >= 0.6 is 11.8 Å². The van der Waals surface area contributed by atoms with E-state index in [2.05, 4.69) is 17.6 Å². The van der Waals surface area contributed by atoms with Crippen LogP contribution in [0.5, 0.6) is 0 Å². The summed E-state index contributed by atoms with van der Waals surface area (Å²) in [5, 5.41) is 6.68. The van der Waals surface area contributed by atoms with Gasteiger partial charge in [0.1, 0.15) is 0 Å². The highest BCUT2D eigenvalue weighted by Gasteiger charge is 2.34. The second kappa shape index (κ2) is 13.7. The molecule has 0 aliphatic carbocycles. The molecule has 1 aromatic rings. The topological polar surface area (TPSA) is 124 Å². The molecular formula is C23H34N4O5S. The maximum absolute atomic E-state index is 13.0. The molecule has 182 valence electrons. The van der Waals surface area contributed by atoms with E-state index in [1.807, 2.05) is 0 Å². The van der Waals surface area contributed by atoms with Gasteiger partial charge in [0.2, 0.25) is 5.91 Å². The molecule has 33 heavy (non-hydrogen) atoms. The number of benzene rings is 1. The van der Waals surface area contributed by atoms with E-state index >= 15 is 0 Å². The van der Waals surface area contributed by atoms with Gasteiger partial charge in [-0.1, -0.05) is 30.8 Å². The number of amides is 2. The summed E-state index contributed by atoms with van der Waals surface area (Å²) < 4.78 is 16.1. The first-order valence-corrected chi connectivity index (χ1v) is 12.3. The Hall–Kier alpha value is -1.98. The predicted octanol–water partition coefficient (Wildman–Crippen LogP) is 2.02. The number of rotatable bonds is 11. The number of nitrogens with zero attached hydrogens (tertiary/aromatic N) is 1. The largest absolute Gasteiger partial charge is 0.381 e. The van der Waals surface area contributed by atoms with E-state index in [0.29, 0.717) is 54.0 Å². The SMILES string of the molecule is CC1SC(NC(=O)c2ccccc2NC(=O)CCOCCOCCN)=NC1C1CCOCC1. The summed E-state index contributed by atoms with van der Waals surface area (Å²) in [4.78, 5) is 30.1. The van der Waals surface area contributed by atoms with Crippen molar-refractivity contribution in [2.75, 3.05) is 51.5 Å². The smallest absolute Gasteiger partial charge is 0.259 e. The number of carbonyl (C=O) groups excluding carboxylic acids is 2. The van der Waals surface area contributed by atoms with Gasteiger partial charge in [-0.3, -0.25) is 14.6 Å². The number of para-hydroxylation sites is 1. The zero-order valence-electron chi connectivity index (χ0n) is 19.1. The average Bonchev–Trinajstić information content (AvgIpc) is 3.19. The van der Waals surface area contributed by atoms with Crippen molar-refractivity contribution in [3.05, 3.63) is 29.8 Å². The molecule has 2 amide bonds. The highest BCUT2D eigenvalue weighted by atomic mass is 32.2. The lowest BCUT2D eigenvalue weighted by Crippen LogP contribution is -2.30. The van der Waals surface area contributed by atoms with E-state index in [1.54, 1.807) is 36.0 Å². The van der Waals surface area contributed by atoms with Gasteiger partial charge in [-0.05, 0) is 30.9 Å². The van der Waals surface area contributed by atoms with Crippen molar-refractivity contribution < 1.29 is 23.8 Å². The number of nitrogens with one attached hydrogen (secondary N) is 2. The van der Waals surface area contributed by atoms with Gasteiger partial charge in [-0.25, -0.2) is 0 Å². The molecule has 0 aromatic heterocycles. The molecule has 4 N–H and O–H groups in total. The van der Waals surface area contributed by atoms with Crippen LogP contribution in [0.3, 0.4) is 0 Å². The zero-order chi connectivity index (χ0) is 23.5. The molecule has 10 heteroatoms. The number of hydrogen-bond acceptors (Lipinski definition) is 8. The Labute approximate surface area is 199 Å². The van der Waals surface area contributed by atoms with Crippen molar-refractivity contribution in [2.45, 2.75) is 37.5 Å². The Kier molecular flexibility index (Phi) is 10.6. The lowest BCUT2D eigenvalue weighted by molar-refractivity contribution is -0.117. The van der Waals surface area contributed by atoms with Crippen LogP contribution in [0.15, 0.2) is 29.3 Å². The number of carbonyl (C=O) groups is 2. The van der Waals surface area contributed by atoms with Crippen molar-refractivity contribution in [3.8, 4) is 0 Å². The molecule has 1 saturated heterocycles. The van der Waals surface area contributed by atoms with Gasteiger partial charge in [0.15, 0.2) is 5.17 Å². The van der Waals surface area contributed by atoms with Gasteiger partial charge in [0, 0.05) is 25.0 Å². The Morgan fingerprint density at radius 2 is 1.85 bits per heavy atom. The lowest BCUT2D eigenvalue weighted by Gasteiger charge is -2.27. The minimum Gasteiger partial charge on any atom is -0.381 e. The van der Waals surface area contributed by atoms with Crippen molar-refractivity contribution in [2.24, 2.45) is 16.6 Å². The Morgan fingerprint density at radius 1 is 1.12 bits per heavy atom. The summed E-state index contributed by atoms with van der Waals surface area (Å²) in [6, 6.07) is 7.14. The van der Waals surface area contributed by atoms with Crippen LogP contribution in [0.25, 0.3) is 0 Å². The summed E-state index contributed by atoms with van der Waals surface area (Å²) in [6.45, 7) is 5.77. The molecule has 1 fully saturated rings. The predicted molar refractivity (Wildman–Crippen MR) is 130 cm³/mol. The van der Waals surface area contributed by atoms with E-state index < -0.39 is 0 Å². The molecule has 0 radical (unpaired) electrons. The van der Waals surface area contributed by atoms with Gasteiger partial charge in [0.05, 0.1) is 50.1 Å². The first kappa shape index (κ1) is 25.6. The number of nitrogens with two attached hydrogens (primary N) is 1. The summed E-state index contributed by atoms with van der Waals surface area (Å²) in [6.07, 6.45) is 2.18. The third-order valence-corrected chi connectivity index (χ3v) is 6.65. The molecule has 0 bridgehead atoms. The summed E-state index contributed by atoms with van der Waals surface area (Å²) in [7, 11) is 0. The molecule has 0 saturated carbocycles. The number of anilines is 1. The monoisotopic (exact) mass is 478 g/mol. The van der Waals surface area contributed by atoms with E-state index in [9.17, 15) is 9.59 Å². The number of aliphatic imine (C=N–C) groups is 1. The van der Waals surface area contributed by atoms with Crippen LogP contribution in [-0.4, -0.2) is 74.5 Å². The zero-order valence-corrected chi connectivity index (χ0v) is 19.9. The summed E-state index contributed by atoms with van der Waals surface area (Å²) in [5.74, 6) is -0.0270. The van der Waals surface area contributed by atoms with E-state index in [0.717, 1.165) is 26.1 Å². The molecule has 9 nitrogen and oxygen atoms in total. The molecule has 2 heterocycles. The van der Waals surface area contributed by atoms with E-state index in [1.165, 1.54) is 0 Å². The number of hydrogen-bond donors (Lipinski definition) is 3. The molecule has 1 aromatic carbocycles. The highest BCUT2D eigenvalue weighted by Crippen LogP contribution is 2.34. The third-order valence-electron chi connectivity index (χ3n) is 5.57. The number of thioether (sulfide) groups is 1. The molecule has 2 unspecified atom stereocenters. The van der Waals surface area contributed by atoms with Crippen LogP contribution in [0.1, 0.15) is 36.5 Å². The molecule has 3 rings (SSSR count). The fraction of sp³-hybridized carbons (Fsp3) is 0.609. The second-order valence-electron chi connectivity index (χ2n) is 8.01. The fourth-order valence-corrected chi connectivity index (χ4v) is 4.97. The summed E-state index contributed by atoms with van der Waals surface area (Å²) in [5.41, 5.74) is 6.20. The minimum absolute atomic E-state index is 0.180. The first-order chi connectivity index (χ1) is 16.1. The Morgan fingerprint density at radius 3 is 2.61 bits per heavy atom. The number of ether oxygens (including phenoxy) is 3. The summed E-state index contributed by atoms with van der Waals surface area (Å²) >= 11 is 1.59. The maximum atomic E-state index is 13.0. The van der Waals surface area contributed by atoms with Gasteiger partial charge in [0.25, 0.3) is 5.91 Å². The van der Waals surface area contributed by atoms with Gasteiger partial charge in [-0.15, -0.1) is 0 Å². The minimum atomic E-state index is -0.287. The normalized spacial score (nSPS) is 21.0. The Balaban J connectivity index is 1.50. The van der Waals surface area contributed by atoms with E-state index in [4.69, 9.17) is 24.9 Å².